The first-order valence-electron chi connectivity index (χ1n) is 8.67. The molecule has 6 heteroatoms. The van der Waals surface area contributed by atoms with E-state index in [1.165, 1.54) is 0 Å². The number of hydrogen-bond donors (Lipinski definition) is 1. The Balaban J connectivity index is 1.68. The van der Waals surface area contributed by atoms with E-state index in [0.717, 1.165) is 20.8 Å². The highest BCUT2D eigenvalue weighted by molar-refractivity contribution is 7.21. The van der Waals surface area contributed by atoms with Crippen LogP contribution in [0.15, 0.2) is 66.7 Å². The lowest BCUT2D eigenvalue weighted by atomic mass is 10.1. The summed E-state index contributed by atoms with van der Waals surface area (Å²) in [6.45, 7) is 0. The lowest BCUT2D eigenvalue weighted by molar-refractivity contribution is 0.102. The van der Waals surface area contributed by atoms with Crippen molar-refractivity contribution in [1.82, 2.24) is 4.98 Å². The SMILES string of the molecule is COc1cc(OC)cc(C(=O)Nc2ccccc2-c2nc3ccccc3s2)c1. The van der Waals surface area contributed by atoms with E-state index in [9.17, 15) is 4.79 Å². The molecular weight excluding hydrogens is 372 g/mol. The molecule has 0 bridgehead atoms. The fraction of sp³-hybridized carbons (Fsp3) is 0.0909. The van der Waals surface area contributed by atoms with E-state index in [-0.39, 0.29) is 5.91 Å². The molecule has 0 aliphatic rings. The van der Waals surface area contributed by atoms with Crippen LogP contribution in [-0.2, 0) is 0 Å². The van der Waals surface area contributed by atoms with Gasteiger partial charge in [-0.2, -0.15) is 0 Å². The Bertz CT molecular complexity index is 1100. The van der Waals surface area contributed by atoms with Gasteiger partial charge in [-0.3, -0.25) is 4.79 Å². The third kappa shape index (κ3) is 3.54. The van der Waals surface area contributed by atoms with Crippen molar-refractivity contribution in [2.45, 2.75) is 0 Å². The lowest BCUT2D eigenvalue weighted by Crippen LogP contribution is -2.13. The summed E-state index contributed by atoms with van der Waals surface area (Å²) < 4.78 is 11.6. The van der Waals surface area contributed by atoms with Gasteiger partial charge in [0.25, 0.3) is 5.91 Å². The first kappa shape index (κ1) is 18.0. The normalized spacial score (nSPS) is 10.6. The quantitative estimate of drug-likeness (QED) is 0.507. The number of nitrogens with one attached hydrogen (secondary N) is 1. The molecule has 0 fully saturated rings. The van der Waals surface area contributed by atoms with Crippen molar-refractivity contribution in [3.63, 3.8) is 0 Å². The van der Waals surface area contributed by atoms with Crippen molar-refractivity contribution in [2.24, 2.45) is 0 Å². The maximum Gasteiger partial charge on any atom is 0.255 e. The molecule has 1 amide bonds. The second-order valence-electron chi connectivity index (χ2n) is 6.09. The standard InChI is InChI=1S/C22H18N2O3S/c1-26-15-11-14(12-16(13-15)27-2)21(25)23-18-8-4-3-7-17(18)22-24-19-9-5-6-10-20(19)28-22/h3-13H,1-2H3,(H,23,25). The fourth-order valence-corrected chi connectivity index (χ4v) is 3.90. The highest BCUT2D eigenvalue weighted by Gasteiger charge is 2.15. The molecule has 0 saturated carbocycles. The Kier molecular flexibility index (Phi) is 4.95. The van der Waals surface area contributed by atoms with E-state index in [4.69, 9.17) is 14.5 Å². The van der Waals surface area contributed by atoms with Crippen LogP contribution in [0.25, 0.3) is 20.8 Å². The number of fused-ring (bicyclic) bond motifs is 1. The van der Waals surface area contributed by atoms with E-state index in [1.54, 1.807) is 43.8 Å². The smallest absolute Gasteiger partial charge is 0.255 e. The predicted molar refractivity (Wildman–Crippen MR) is 113 cm³/mol. The van der Waals surface area contributed by atoms with Gasteiger partial charge in [0.15, 0.2) is 0 Å². The second kappa shape index (κ2) is 7.70. The van der Waals surface area contributed by atoms with Gasteiger partial charge in [-0.25, -0.2) is 4.98 Å². The first-order chi connectivity index (χ1) is 13.7. The van der Waals surface area contributed by atoms with Crippen LogP contribution in [0.2, 0.25) is 0 Å². The average Bonchev–Trinajstić information content (AvgIpc) is 3.17. The van der Waals surface area contributed by atoms with Crippen LogP contribution in [0.5, 0.6) is 11.5 Å². The summed E-state index contributed by atoms with van der Waals surface area (Å²) in [5.41, 5.74) is 2.98. The van der Waals surface area contributed by atoms with Gasteiger partial charge in [0.2, 0.25) is 0 Å². The van der Waals surface area contributed by atoms with Crippen molar-refractivity contribution in [1.29, 1.82) is 0 Å². The summed E-state index contributed by atoms with van der Waals surface area (Å²) in [7, 11) is 3.11. The third-order valence-electron chi connectivity index (χ3n) is 4.31. The number of thiazole rings is 1. The zero-order chi connectivity index (χ0) is 19.5. The van der Waals surface area contributed by atoms with E-state index >= 15 is 0 Å². The summed E-state index contributed by atoms with van der Waals surface area (Å²) in [5.74, 6) is 0.874. The minimum absolute atomic E-state index is 0.245. The van der Waals surface area contributed by atoms with E-state index in [2.05, 4.69) is 5.32 Å². The molecule has 0 spiro atoms. The Morgan fingerprint density at radius 3 is 2.32 bits per heavy atom. The number of nitrogens with zero attached hydrogens (tertiary/aromatic N) is 1. The van der Waals surface area contributed by atoms with Crippen LogP contribution in [-0.4, -0.2) is 25.1 Å². The van der Waals surface area contributed by atoms with Gasteiger partial charge >= 0.3 is 0 Å². The molecule has 4 rings (SSSR count). The number of benzene rings is 3. The average molecular weight is 390 g/mol. The highest BCUT2D eigenvalue weighted by atomic mass is 32.1. The number of methoxy groups -OCH3 is 2. The molecule has 0 radical (unpaired) electrons. The number of hydrogen-bond acceptors (Lipinski definition) is 5. The number of para-hydroxylation sites is 2. The van der Waals surface area contributed by atoms with Crippen molar-refractivity contribution in [3.8, 4) is 22.1 Å². The minimum atomic E-state index is -0.245. The van der Waals surface area contributed by atoms with Gasteiger partial charge < -0.3 is 14.8 Å². The molecule has 0 saturated heterocycles. The van der Waals surface area contributed by atoms with Gasteiger partial charge in [0, 0.05) is 17.2 Å². The number of anilines is 1. The molecule has 0 unspecified atom stereocenters. The van der Waals surface area contributed by atoms with Crippen LogP contribution in [0, 0.1) is 0 Å². The van der Waals surface area contributed by atoms with Crippen LogP contribution in [0.3, 0.4) is 0 Å². The molecule has 5 nitrogen and oxygen atoms in total. The summed E-state index contributed by atoms with van der Waals surface area (Å²) in [6, 6.07) is 20.7. The summed E-state index contributed by atoms with van der Waals surface area (Å²) in [4.78, 5) is 17.6. The number of amides is 1. The number of ether oxygens (including phenoxy) is 2. The summed E-state index contributed by atoms with van der Waals surface area (Å²) in [6.07, 6.45) is 0. The zero-order valence-electron chi connectivity index (χ0n) is 15.4. The molecule has 0 aliphatic carbocycles. The minimum Gasteiger partial charge on any atom is -0.497 e. The zero-order valence-corrected chi connectivity index (χ0v) is 16.2. The van der Waals surface area contributed by atoms with Crippen molar-refractivity contribution in [3.05, 3.63) is 72.3 Å². The Morgan fingerprint density at radius 2 is 1.61 bits per heavy atom. The molecule has 4 aromatic rings. The van der Waals surface area contributed by atoms with Gasteiger partial charge in [-0.1, -0.05) is 24.3 Å². The molecule has 3 aromatic carbocycles. The Labute approximate surface area is 166 Å². The van der Waals surface area contributed by atoms with Crippen LogP contribution in [0.4, 0.5) is 5.69 Å². The summed E-state index contributed by atoms with van der Waals surface area (Å²) in [5, 5.41) is 3.85. The second-order valence-corrected chi connectivity index (χ2v) is 7.12. The maximum absolute atomic E-state index is 12.9. The molecular formula is C22H18N2O3S. The van der Waals surface area contributed by atoms with Crippen molar-refractivity contribution < 1.29 is 14.3 Å². The molecule has 140 valence electrons. The van der Waals surface area contributed by atoms with Gasteiger partial charge in [0.05, 0.1) is 30.1 Å². The summed E-state index contributed by atoms with van der Waals surface area (Å²) >= 11 is 1.60. The molecule has 0 atom stereocenters. The predicted octanol–water partition coefficient (Wildman–Crippen LogP) is 5.23. The number of rotatable bonds is 5. The molecule has 0 aliphatic heterocycles. The van der Waals surface area contributed by atoms with E-state index in [1.807, 2.05) is 48.5 Å². The molecule has 1 N–H and O–H groups in total. The molecule has 1 heterocycles. The Morgan fingerprint density at radius 1 is 0.929 bits per heavy atom. The topological polar surface area (TPSA) is 60.5 Å². The van der Waals surface area contributed by atoms with Gasteiger partial charge in [-0.05, 0) is 36.4 Å². The van der Waals surface area contributed by atoms with Crippen molar-refractivity contribution in [2.75, 3.05) is 19.5 Å². The van der Waals surface area contributed by atoms with Crippen LogP contribution < -0.4 is 14.8 Å². The third-order valence-corrected chi connectivity index (χ3v) is 5.38. The number of carbonyl (C=O) groups is 1. The largest absolute Gasteiger partial charge is 0.497 e. The van der Waals surface area contributed by atoms with E-state index < -0.39 is 0 Å². The number of aromatic nitrogens is 1. The first-order valence-corrected chi connectivity index (χ1v) is 9.49. The highest BCUT2D eigenvalue weighted by Crippen LogP contribution is 2.34. The number of carbonyl (C=O) groups excluding carboxylic acids is 1. The monoisotopic (exact) mass is 390 g/mol. The fourth-order valence-electron chi connectivity index (χ4n) is 2.90. The van der Waals surface area contributed by atoms with Crippen LogP contribution >= 0.6 is 11.3 Å². The van der Waals surface area contributed by atoms with Crippen LogP contribution in [0.1, 0.15) is 10.4 Å². The molecule has 1 aromatic heterocycles. The molecule has 28 heavy (non-hydrogen) atoms. The Hall–Kier alpha value is -3.38. The van der Waals surface area contributed by atoms with E-state index in [0.29, 0.717) is 22.7 Å². The van der Waals surface area contributed by atoms with Gasteiger partial charge in [0.1, 0.15) is 16.5 Å². The maximum atomic E-state index is 12.9. The van der Waals surface area contributed by atoms with Gasteiger partial charge in [-0.15, -0.1) is 11.3 Å². The van der Waals surface area contributed by atoms with Crippen molar-refractivity contribution >= 4 is 33.1 Å². The lowest BCUT2D eigenvalue weighted by Gasteiger charge is -2.11.